The van der Waals surface area contributed by atoms with Gasteiger partial charge >= 0.3 is 0 Å². The molecule has 0 spiro atoms. The van der Waals surface area contributed by atoms with E-state index in [0.29, 0.717) is 6.54 Å². The zero-order valence-corrected chi connectivity index (χ0v) is 13.3. The van der Waals surface area contributed by atoms with Crippen LogP contribution in [-0.2, 0) is 0 Å². The monoisotopic (exact) mass is 340 g/mol. The van der Waals surface area contributed by atoms with Gasteiger partial charge in [0.2, 0.25) is 0 Å². The molecular weight excluding hydrogens is 319 g/mol. The number of hydrogen-bond acceptors (Lipinski definition) is 2. The third kappa shape index (κ3) is 3.60. The lowest BCUT2D eigenvalue weighted by atomic mass is 10.0. The second-order valence-electron chi connectivity index (χ2n) is 6.26. The van der Waals surface area contributed by atoms with Crippen molar-refractivity contribution in [2.24, 2.45) is 17.6 Å². The summed E-state index contributed by atoms with van der Waals surface area (Å²) in [5, 5.41) is 0. The molecule has 3 rings (SSSR count). The average Bonchev–Trinajstić information content (AvgIpc) is 3.28. The number of benzene rings is 1. The number of nitrogens with two attached hydrogens (primary N) is 1. The number of nitrogens with zero attached hydrogens (tertiary/aromatic N) is 1. The van der Waals surface area contributed by atoms with Crippen LogP contribution in [0.25, 0.3) is 0 Å². The van der Waals surface area contributed by atoms with Crippen LogP contribution in [0.3, 0.4) is 0 Å². The molecule has 2 saturated carbocycles. The lowest BCUT2D eigenvalue weighted by Gasteiger charge is -2.32. The first-order chi connectivity index (χ1) is 9.67. The van der Waals surface area contributed by atoms with E-state index in [2.05, 4.69) is 20.8 Å². The van der Waals surface area contributed by atoms with E-state index in [0.717, 1.165) is 35.0 Å². The molecule has 2 nitrogen and oxygen atoms in total. The molecule has 1 aromatic rings. The summed E-state index contributed by atoms with van der Waals surface area (Å²) in [4.78, 5) is 2.54. The summed E-state index contributed by atoms with van der Waals surface area (Å²) in [5.41, 5.74) is 7.17. The van der Waals surface area contributed by atoms with E-state index >= 15 is 0 Å². The molecule has 20 heavy (non-hydrogen) atoms. The van der Waals surface area contributed by atoms with Gasteiger partial charge in [0, 0.05) is 30.1 Å². The van der Waals surface area contributed by atoms with Crippen LogP contribution in [-0.4, -0.2) is 24.5 Å². The maximum absolute atomic E-state index is 13.3. The quantitative estimate of drug-likeness (QED) is 0.819. The minimum absolute atomic E-state index is 0.200. The summed E-state index contributed by atoms with van der Waals surface area (Å²) in [5.74, 6) is 1.50. The van der Waals surface area contributed by atoms with E-state index in [1.54, 1.807) is 6.07 Å². The minimum Gasteiger partial charge on any atom is -0.329 e. The third-order valence-corrected chi connectivity index (χ3v) is 5.05. The molecule has 1 aromatic carbocycles. The number of rotatable bonds is 7. The largest absolute Gasteiger partial charge is 0.329 e. The van der Waals surface area contributed by atoms with Gasteiger partial charge in [0.1, 0.15) is 5.82 Å². The van der Waals surface area contributed by atoms with Crippen molar-refractivity contribution >= 4 is 15.9 Å². The van der Waals surface area contributed by atoms with Crippen molar-refractivity contribution in [1.29, 1.82) is 0 Å². The van der Waals surface area contributed by atoms with Crippen LogP contribution in [0.5, 0.6) is 0 Å². The molecule has 2 N–H and O–H groups in total. The normalized spacial score (nSPS) is 20.4. The Balaban J connectivity index is 1.79. The zero-order chi connectivity index (χ0) is 14.1. The second-order valence-corrected chi connectivity index (χ2v) is 7.11. The predicted molar refractivity (Wildman–Crippen MR) is 82.9 cm³/mol. The van der Waals surface area contributed by atoms with Crippen LogP contribution in [0, 0.1) is 17.7 Å². The van der Waals surface area contributed by atoms with E-state index in [1.165, 1.54) is 31.7 Å². The fourth-order valence-electron chi connectivity index (χ4n) is 2.84. The summed E-state index contributed by atoms with van der Waals surface area (Å²) in [6, 6.07) is 5.16. The van der Waals surface area contributed by atoms with Gasteiger partial charge in [-0.15, -0.1) is 0 Å². The topological polar surface area (TPSA) is 29.3 Å². The highest BCUT2D eigenvalue weighted by atomic mass is 79.9. The molecule has 2 aliphatic rings. The molecule has 1 unspecified atom stereocenters. The van der Waals surface area contributed by atoms with Gasteiger partial charge in [-0.25, -0.2) is 4.39 Å². The van der Waals surface area contributed by atoms with Crippen molar-refractivity contribution in [2.75, 3.05) is 19.6 Å². The molecule has 110 valence electrons. The summed E-state index contributed by atoms with van der Waals surface area (Å²) in [7, 11) is 0. The average molecular weight is 341 g/mol. The van der Waals surface area contributed by atoms with Crippen molar-refractivity contribution in [3.63, 3.8) is 0 Å². The summed E-state index contributed by atoms with van der Waals surface area (Å²) in [6.45, 7) is 2.87. The van der Waals surface area contributed by atoms with Crippen LogP contribution >= 0.6 is 15.9 Å². The van der Waals surface area contributed by atoms with Crippen molar-refractivity contribution in [1.82, 2.24) is 4.90 Å². The van der Waals surface area contributed by atoms with Crippen LogP contribution in [0.2, 0.25) is 0 Å². The zero-order valence-electron chi connectivity index (χ0n) is 11.7. The maximum atomic E-state index is 13.3. The second kappa shape index (κ2) is 6.12. The van der Waals surface area contributed by atoms with Crippen molar-refractivity contribution in [3.8, 4) is 0 Å². The molecule has 0 bridgehead atoms. The number of hydrogen-bond donors (Lipinski definition) is 1. The van der Waals surface area contributed by atoms with Crippen LogP contribution in [0.4, 0.5) is 4.39 Å². The molecule has 0 radical (unpaired) electrons. The molecule has 0 aromatic heterocycles. The molecule has 0 amide bonds. The van der Waals surface area contributed by atoms with E-state index in [4.69, 9.17) is 5.73 Å². The van der Waals surface area contributed by atoms with E-state index < -0.39 is 0 Å². The predicted octanol–water partition coefficient (Wildman–Crippen LogP) is 3.71. The van der Waals surface area contributed by atoms with Gasteiger partial charge in [-0.3, -0.25) is 4.90 Å². The Kier molecular flexibility index (Phi) is 4.43. The van der Waals surface area contributed by atoms with Gasteiger partial charge in [0.05, 0.1) is 0 Å². The van der Waals surface area contributed by atoms with E-state index in [-0.39, 0.29) is 11.9 Å². The lowest BCUT2D eigenvalue weighted by Crippen LogP contribution is -2.37. The summed E-state index contributed by atoms with van der Waals surface area (Å²) >= 11 is 3.50. The van der Waals surface area contributed by atoms with Crippen LogP contribution < -0.4 is 5.73 Å². The molecule has 1 atom stereocenters. The van der Waals surface area contributed by atoms with Gasteiger partial charge in [0.15, 0.2) is 0 Å². The van der Waals surface area contributed by atoms with Gasteiger partial charge in [0.25, 0.3) is 0 Å². The van der Waals surface area contributed by atoms with Crippen molar-refractivity contribution < 1.29 is 4.39 Å². The molecule has 0 aliphatic heterocycles. The van der Waals surface area contributed by atoms with Crippen LogP contribution in [0.1, 0.15) is 37.3 Å². The van der Waals surface area contributed by atoms with Gasteiger partial charge in [-0.05, 0) is 55.2 Å². The van der Waals surface area contributed by atoms with Crippen molar-refractivity contribution in [2.45, 2.75) is 31.7 Å². The maximum Gasteiger partial charge on any atom is 0.124 e. The summed E-state index contributed by atoms with van der Waals surface area (Å²) in [6.07, 6.45) is 5.40. The SMILES string of the molecule is NCC(c1ccc(F)cc1Br)N(CC1CC1)CC1CC1. The fourth-order valence-corrected chi connectivity index (χ4v) is 3.45. The number of halogens is 2. The standard InChI is InChI=1S/C16H22BrFN2/c17-15-7-13(18)5-6-14(15)16(8-19)20(9-11-1-2-11)10-12-3-4-12/h5-7,11-12,16H,1-4,8-10,19H2. The highest BCUT2D eigenvalue weighted by Crippen LogP contribution is 2.38. The highest BCUT2D eigenvalue weighted by Gasteiger charge is 2.33. The first kappa shape index (κ1) is 14.5. The fraction of sp³-hybridized carbons (Fsp3) is 0.625. The van der Waals surface area contributed by atoms with Gasteiger partial charge < -0.3 is 5.73 Å². The van der Waals surface area contributed by atoms with E-state index in [1.807, 2.05) is 6.07 Å². The smallest absolute Gasteiger partial charge is 0.124 e. The Morgan fingerprint density at radius 2 is 1.80 bits per heavy atom. The third-order valence-electron chi connectivity index (χ3n) is 4.36. The molecule has 2 fully saturated rings. The van der Waals surface area contributed by atoms with Gasteiger partial charge in [-0.1, -0.05) is 22.0 Å². The molecule has 2 aliphatic carbocycles. The summed E-state index contributed by atoms with van der Waals surface area (Å²) < 4.78 is 14.1. The minimum atomic E-state index is -0.202. The van der Waals surface area contributed by atoms with Crippen molar-refractivity contribution in [3.05, 3.63) is 34.1 Å². The molecule has 0 saturated heterocycles. The molecule has 4 heteroatoms. The molecular formula is C16H22BrFN2. The Morgan fingerprint density at radius 1 is 1.20 bits per heavy atom. The van der Waals surface area contributed by atoms with Gasteiger partial charge in [-0.2, -0.15) is 0 Å². The first-order valence-electron chi connectivity index (χ1n) is 7.56. The van der Waals surface area contributed by atoms with Crippen LogP contribution in [0.15, 0.2) is 22.7 Å². The Bertz CT molecular complexity index is 458. The Morgan fingerprint density at radius 3 is 2.25 bits per heavy atom. The Hall–Kier alpha value is -0.450. The highest BCUT2D eigenvalue weighted by molar-refractivity contribution is 9.10. The first-order valence-corrected chi connectivity index (χ1v) is 8.35. The Labute approximate surface area is 128 Å². The molecule has 0 heterocycles. The van der Waals surface area contributed by atoms with E-state index in [9.17, 15) is 4.39 Å². The lowest BCUT2D eigenvalue weighted by molar-refractivity contribution is 0.184.